The largest absolute Gasteiger partial charge is 0.463 e. The van der Waals surface area contributed by atoms with Crippen LogP contribution >= 0.6 is 11.8 Å². The zero-order chi connectivity index (χ0) is 19.6. The summed E-state index contributed by atoms with van der Waals surface area (Å²) in [6.45, 7) is 4.19. The van der Waals surface area contributed by atoms with Crippen LogP contribution in [0.5, 0.6) is 0 Å². The Kier molecular flexibility index (Phi) is 5.51. The number of hydrogen-bond donors (Lipinski definition) is 0. The summed E-state index contributed by atoms with van der Waals surface area (Å²) in [6, 6.07) is 10.9. The maximum atomic E-state index is 12.6. The Morgan fingerprint density at radius 1 is 1.19 bits per heavy atom. The first-order valence-electron chi connectivity index (χ1n) is 8.41. The third kappa shape index (κ3) is 4.14. The molecule has 1 aromatic carbocycles. The van der Waals surface area contributed by atoms with E-state index in [0.29, 0.717) is 16.6 Å². The van der Waals surface area contributed by atoms with E-state index >= 15 is 0 Å². The van der Waals surface area contributed by atoms with E-state index in [-0.39, 0.29) is 23.5 Å². The van der Waals surface area contributed by atoms with E-state index in [1.54, 1.807) is 12.1 Å². The summed E-state index contributed by atoms with van der Waals surface area (Å²) in [5, 5.41) is -0.374. The minimum atomic E-state index is -0.611. The fourth-order valence-electron chi connectivity index (χ4n) is 2.59. The number of nitrogens with zero attached hydrogens (tertiary/aromatic N) is 1. The van der Waals surface area contributed by atoms with Crippen LogP contribution in [0.15, 0.2) is 45.7 Å². The van der Waals surface area contributed by atoms with Gasteiger partial charge in [-0.25, -0.2) is 4.79 Å². The average molecular weight is 385 g/mol. The fourth-order valence-corrected chi connectivity index (χ4v) is 3.43. The zero-order valence-electron chi connectivity index (χ0n) is 15.2. The molecule has 0 radical (unpaired) electrons. The zero-order valence-corrected chi connectivity index (χ0v) is 16.0. The minimum absolute atomic E-state index is 0.0280. The van der Waals surface area contributed by atoms with Gasteiger partial charge in [0.25, 0.3) is 11.1 Å². The summed E-state index contributed by atoms with van der Waals surface area (Å²) in [5.41, 5.74) is 2.07. The Hall–Kier alpha value is -2.80. The molecule has 2 aromatic rings. The molecule has 6 nitrogen and oxygen atoms in total. The van der Waals surface area contributed by atoms with Crippen LogP contribution < -0.4 is 0 Å². The molecule has 27 heavy (non-hydrogen) atoms. The predicted octanol–water partition coefficient (Wildman–Crippen LogP) is 4.43. The van der Waals surface area contributed by atoms with Crippen LogP contribution in [0.4, 0.5) is 4.79 Å². The number of thioether (sulfide) groups is 1. The molecule has 3 rings (SSSR count). The molecule has 0 spiro atoms. The van der Waals surface area contributed by atoms with Gasteiger partial charge in [0, 0.05) is 0 Å². The summed E-state index contributed by atoms with van der Waals surface area (Å²) < 4.78 is 9.91. The molecule has 0 aliphatic carbocycles. The third-order valence-electron chi connectivity index (χ3n) is 4.14. The lowest BCUT2D eigenvalue weighted by atomic mass is 10.0. The van der Waals surface area contributed by atoms with Crippen LogP contribution in [0.1, 0.15) is 47.2 Å². The average Bonchev–Trinajstić information content (AvgIpc) is 3.22. The standard InChI is InChI=1S/C20H19NO5S/c1-12(2)14-6-4-13(5-7-14)10-17-18(22)21(20(24)27-17)11-15-8-9-16(26-15)19(23)25-3/h4-10,12H,11H2,1-3H3. The van der Waals surface area contributed by atoms with Crippen molar-refractivity contribution in [1.82, 2.24) is 4.90 Å². The van der Waals surface area contributed by atoms with Crippen molar-refractivity contribution < 1.29 is 23.5 Å². The Labute approximate surface area is 161 Å². The maximum Gasteiger partial charge on any atom is 0.373 e. The molecule has 2 heterocycles. The molecule has 140 valence electrons. The van der Waals surface area contributed by atoms with Crippen LogP contribution in [0.2, 0.25) is 0 Å². The molecule has 1 aromatic heterocycles. The lowest BCUT2D eigenvalue weighted by Gasteiger charge is -2.10. The normalized spacial score (nSPS) is 15.9. The number of carbonyl (C=O) groups is 3. The van der Waals surface area contributed by atoms with Crippen LogP contribution in [-0.2, 0) is 16.1 Å². The van der Waals surface area contributed by atoms with Crippen molar-refractivity contribution >= 4 is 35.0 Å². The van der Waals surface area contributed by atoms with Gasteiger partial charge in [-0.05, 0) is 47.0 Å². The van der Waals surface area contributed by atoms with Gasteiger partial charge in [0.05, 0.1) is 18.6 Å². The highest BCUT2D eigenvalue weighted by Gasteiger charge is 2.35. The molecular weight excluding hydrogens is 366 g/mol. The molecule has 1 fully saturated rings. The first kappa shape index (κ1) is 19.0. The molecule has 1 aliphatic rings. The highest BCUT2D eigenvalue weighted by atomic mass is 32.2. The van der Waals surface area contributed by atoms with Gasteiger partial charge in [-0.1, -0.05) is 38.1 Å². The van der Waals surface area contributed by atoms with Crippen molar-refractivity contribution in [2.24, 2.45) is 0 Å². The number of methoxy groups -OCH3 is 1. The molecule has 0 bridgehead atoms. The summed E-state index contributed by atoms with van der Waals surface area (Å²) in [7, 11) is 1.25. The highest BCUT2D eigenvalue weighted by Crippen LogP contribution is 2.33. The van der Waals surface area contributed by atoms with Crippen molar-refractivity contribution in [3.05, 3.63) is 64.0 Å². The molecule has 0 unspecified atom stereocenters. The van der Waals surface area contributed by atoms with Gasteiger partial charge in [0.15, 0.2) is 0 Å². The van der Waals surface area contributed by atoms with Gasteiger partial charge in [0.1, 0.15) is 5.76 Å². The van der Waals surface area contributed by atoms with E-state index < -0.39 is 5.97 Å². The number of benzene rings is 1. The van der Waals surface area contributed by atoms with E-state index in [1.807, 2.05) is 24.3 Å². The van der Waals surface area contributed by atoms with Crippen molar-refractivity contribution in [3.8, 4) is 0 Å². The Morgan fingerprint density at radius 3 is 2.52 bits per heavy atom. The van der Waals surface area contributed by atoms with Crippen LogP contribution in [0.25, 0.3) is 6.08 Å². The predicted molar refractivity (Wildman–Crippen MR) is 102 cm³/mol. The van der Waals surface area contributed by atoms with Crippen LogP contribution in [0.3, 0.4) is 0 Å². The second kappa shape index (κ2) is 7.84. The van der Waals surface area contributed by atoms with Crippen molar-refractivity contribution in [2.45, 2.75) is 26.3 Å². The second-order valence-electron chi connectivity index (χ2n) is 6.35. The van der Waals surface area contributed by atoms with Gasteiger partial charge in [-0.15, -0.1) is 0 Å². The first-order valence-corrected chi connectivity index (χ1v) is 9.23. The number of carbonyl (C=O) groups excluding carboxylic acids is 3. The molecule has 7 heteroatoms. The van der Waals surface area contributed by atoms with Crippen molar-refractivity contribution in [1.29, 1.82) is 0 Å². The third-order valence-corrected chi connectivity index (χ3v) is 5.04. The summed E-state index contributed by atoms with van der Waals surface area (Å²) in [4.78, 5) is 37.7. The SMILES string of the molecule is COC(=O)c1ccc(CN2C(=O)SC(=Cc3ccc(C(C)C)cc3)C2=O)o1. The molecule has 0 N–H and O–H groups in total. The van der Waals surface area contributed by atoms with E-state index in [4.69, 9.17) is 4.42 Å². The van der Waals surface area contributed by atoms with Gasteiger partial charge < -0.3 is 9.15 Å². The minimum Gasteiger partial charge on any atom is -0.463 e. The Balaban J connectivity index is 1.74. The Bertz CT molecular complexity index is 911. The van der Waals surface area contributed by atoms with E-state index in [9.17, 15) is 14.4 Å². The van der Waals surface area contributed by atoms with E-state index in [0.717, 1.165) is 22.2 Å². The smallest absolute Gasteiger partial charge is 0.373 e. The highest BCUT2D eigenvalue weighted by molar-refractivity contribution is 8.18. The lowest BCUT2D eigenvalue weighted by Crippen LogP contribution is -2.27. The maximum absolute atomic E-state index is 12.6. The number of esters is 1. The molecule has 2 amide bonds. The van der Waals surface area contributed by atoms with Crippen molar-refractivity contribution in [2.75, 3.05) is 7.11 Å². The molecule has 1 aliphatic heterocycles. The Morgan fingerprint density at radius 2 is 1.89 bits per heavy atom. The number of amides is 2. The van der Waals surface area contributed by atoms with Crippen LogP contribution in [0, 0.1) is 0 Å². The number of rotatable bonds is 5. The summed E-state index contributed by atoms with van der Waals surface area (Å²) in [6.07, 6.45) is 1.71. The molecule has 0 atom stereocenters. The molecule has 0 saturated carbocycles. The van der Waals surface area contributed by atoms with E-state index in [2.05, 4.69) is 18.6 Å². The fraction of sp³-hybridized carbons (Fsp3) is 0.250. The number of hydrogen-bond acceptors (Lipinski definition) is 6. The van der Waals surface area contributed by atoms with Gasteiger partial charge in [0.2, 0.25) is 5.76 Å². The van der Waals surface area contributed by atoms with Gasteiger partial charge in [-0.2, -0.15) is 0 Å². The lowest BCUT2D eigenvalue weighted by molar-refractivity contribution is -0.123. The molecular formula is C20H19NO5S. The monoisotopic (exact) mass is 385 g/mol. The van der Waals surface area contributed by atoms with E-state index in [1.165, 1.54) is 18.7 Å². The first-order chi connectivity index (χ1) is 12.9. The van der Waals surface area contributed by atoms with Gasteiger partial charge >= 0.3 is 5.97 Å². The molecule has 1 saturated heterocycles. The number of ether oxygens (including phenoxy) is 1. The topological polar surface area (TPSA) is 76.8 Å². The van der Waals surface area contributed by atoms with Crippen molar-refractivity contribution in [3.63, 3.8) is 0 Å². The number of furan rings is 1. The quantitative estimate of drug-likeness (QED) is 0.560. The van der Waals surface area contributed by atoms with Gasteiger partial charge in [-0.3, -0.25) is 14.5 Å². The summed E-state index contributed by atoms with van der Waals surface area (Å²) in [5.74, 6) is -0.205. The summed E-state index contributed by atoms with van der Waals surface area (Å²) >= 11 is 0.889. The van der Waals surface area contributed by atoms with Crippen LogP contribution in [-0.4, -0.2) is 29.1 Å². The second-order valence-corrected chi connectivity index (χ2v) is 7.34. The number of imide groups is 1.